The number of carbonyl (C=O) groups excluding carboxylic acids is 2. The lowest BCUT2D eigenvalue weighted by Gasteiger charge is -2.05. The van der Waals surface area contributed by atoms with Gasteiger partial charge in [-0.3, -0.25) is 9.59 Å². The predicted octanol–water partition coefficient (Wildman–Crippen LogP) is 1.05. The first-order valence-corrected chi connectivity index (χ1v) is 7.32. The van der Waals surface area contributed by atoms with E-state index in [0.717, 1.165) is 23.1 Å². The Hall–Kier alpha value is -2.40. The van der Waals surface area contributed by atoms with Crippen molar-refractivity contribution in [3.63, 3.8) is 0 Å². The van der Waals surface area contributed by atoms with Gasteiger partial charge in [-0.25, -0.2) is 9.97 Å². The zero-order valence-electron chi connectivity index (χ0n) is 12.5. The Balaban J connectivity index is 2.49. The van der Waals surface area contributed by atoms with Gasteiger partial charge in [-0.15, -0.1) is 0 Å². The van der Waals surface area contributed by atoms with E-state index < -0.39 is 18.4 Å². The van der Waals surface area contributed by atoms with Crippen LogP contribution in [0.1, 0.15) is 18.3 Å². The Morgan fingerprint density at radius 3 is 2.45 bits per heavy atom. The zero-order chi connectivity index (χ0) is 16.7. The fraction of sp³-hybridized carbons (Fsp3) is 0.357. The number of aromatic nitrogens is 2. The van der Waals surface area contributed by atoms with Gasteiger partial charge in [0.05, 0.1) is 5.75 Å². The Kier molecular flexibility index (Phi) is 6.53. The maximum Gasteiger partial charge on any atom is 0.316 e. The number of esters is 1. The van der Waals surface area contributed by atoms with Crippen molar-refractivity contribution < 1.29 is 14.3 Å². The van der Waals surface area contributed by atoms with Gasteiger partial charge < -0.3 is 10.5 Å². The minimum atomic E-state index is -0.622. The monoisotopic (exact) mass is 320 g/mol. The van der Waals surface area contributed by atoms with Crippen molar-refractivity contribution >= 4 is 23.5 Å². The molecular formula is C14H16N4O3S. The molecule has 0 saturated heterocycles. The molecule has 0 unspecified atom stereocenters. The van der Waals surface area contributed by atoms with E-state index in [-0.39, 0.29) is 17.0 Å². The molecule has 1 aromatic heterocycles. The average Bonchev–Trinajstić information content (AvgIpc) is 2.42. The normalized spacial score (nSPS) is 11.4. The van der Waals surface area contributed by atoms with Gasteiger partial charge >= 0.3 is 5.97 Å². The maximum atomic E-state index is 11.6. The average molecular weight is 320 g/mol. The van der Waals surface area contributed by atoms with Crippen LogP contribution in [0.2, 0.25) is 0 Å². The van der Waals surface area contributed by atoms with Crippen molar-refractivity contribution in [1.82, 2.24) is 9.97 Å². The molecule has 22 heavy (non-hydrogen) atoms. The Morgan fingerprint density at radius 1 is 1.36 bits per heavy atom. The molecule has 0 aliphatic heterocycles. The van der Waals surface area contributed by atoms with Crippen molar-refractivity contribution in [2.75, 3.05) is 12.4 Å². The van der Waals surface area contributed by atoms with E-state index in [9.17, 15) is 9.59 Å². The van der Waals surface area contributed by atoms with Crippen LogP contribution in [0.25, 0.3) is 0 Å². The van der Waals surface area contributed by atoms with E-state index in [4.69, 9.17) is 15.7 Å². The smallest absolute Gasteiger partial charge is 0.316 e. The highest BCUT2D eigenvalue weighted by Crippen LogP contribution is 2.14. The second kappa shape index (κ2) is 8.14. The number of carbonyl (C=O) groups is 2. The lowest BCUT2D eigenvalue weighted by Crippen LogP contribution is -2.18. The van der Waals surface area contributed by atoms with Crippen LogP contribution in [0.5, 0.6) is 0 Å². The first kappa shape index (κ1) is 17.7. The van der Waals surface area contributed by atoms with Gasteiger partial charge in [-0.05, 0) is 26.8 Å². The molecule has 0 aliphatic carbocycles. The number of nitrogens with two attached hydrogens (primary N) is 1. The second-order valence-corrected chi connectivity index (χ2v) is 5.42. The number of nitrogens with zero attached hydrogens (tertiary/aromatic N) is 3. The Bertz CT molecular complexity index is 640. The quantitative estimate of drug-likeness (QED) is 0.271. The summed E-state index contributed by atoms with van der Waals surface area (Å²) in [6, 6.07) is 3.51. The number of thioether (sulfide) groups is 1. The van der Waals surface area contributed by atoms with E-state index in [1.807, 2.05) is 19.9 Å². The molecule has 0 radical (unpaired) electrons. The highest BCUT2D eigenvalue weighted by Gasteiger charge is 2.14. The lowest BCUT2D eigenvalue weighted by atomic mass is 10.1. The van der Waals surface area contributed by atoms with Crippen LogP contribution < -0.4 is 5.73 Å². The fourth-order valence-electron chi connectivity index (χ4n) is 1.51. The molecule has 0 spiro atoms. The molecule has 8 heteroatoms. The number of hydrogen-bond acceptors (Lipinski definition) is 8. The highest BCUT2D eigenvalue weighted by atomic mass is 32.2. The van der Waals surface area contributed by atoms with Crippen LogP contribution >= 0.6 is 11.8 Å². The third-order valence-corrected chi connectivity index (χ3v) is 3.25. The maximum absolute atomic E-state index is 11.6. The third kappa shape index (κ3) is 5.54. The number of rotatable bonds is 6. The molecule has 0 aromatic carbocycles. The van der Waals surface area contributed by atoms with Crippen LogP contribution in [0.15, 0.2) is 22.5 Å². The van der Waals surface area contributed by atoms with Crippen molar-refractivity contribution in [1.29, 1.82) is 5.26 Å². The molecule has 116 valence electrons. The summed E-state index contributed by atoms with van der Waals surface area (Å²) in [5, 5.41) is 9.23. The van der Waals surface area contributed by atoms with E-state index in [1.54, 1.807) is 6.07 Å². The van der Waals surface area contributed by atoms with Crippen molar-refractivity contribution in [2.45, 2.75) is 25.9 Å². The van der Waals surface area contributed by atoms with Crippen LogP contribution in [0.3, 0.4) is 0 Å². The van der Waals surface area contributed by atoms with Gasteiger partial charge in [-0.1, -0.05) is 11.8 Å². The van der Waals surface area contributed by atoms with Crippen LogP contribution in [0, 0.1) is 25.2 Å². The Labute approximate surface area is 132 Å². The molecule has 0 amide bonds. The van der Waals surface area contributed by atoms with Crippen molar-refractivity contribution in [3.8, 4) is 6.07 Å². The lowest BCUT2D eigenvalue weighted by molar-refractivity contribution is -0.144. The molecule has 1 heterocycles. The van der Waals surface area contributed by atoms with E-state index in [0.29, 0.717) is 5.16 Å². The number of ether oxygens (including phenoxy) is 1. The summed E-state index contributed by atoms with van der Waals surface area (Å²) in [5.41, 5.74) is 6.91. The molecular weight excluding hydrogens is 304 g/mol. The molecule has 2 N–H and O–H groups in total. The van der Waals surface area contributed by atoms with E-state index in [2.05, 4.69) is 9.97 Å². The Morgan fingerprint density at radius 2 is 1.95 bits per heavy atom. The van der Waals surface area contributed by atoms with Crippen molar-refractivity contribution in [2.24, 2.45) is 5.73 Å². The molecule has 0 fully saturated rings. The first-order valence-electron chi connectivity index (χ1n) is 6.34. The molecule has 0 aliphatic rings. The number of allylic oxidation sites excluding steroid dienone is 1. The number of hydrogen-bond donors (Lipinski definition) is 1. The summed E-state index contributed by atoms with van der Waals surface area (Å²) < 4.78 is 4.81. The number of Topliss-reactive ketones (excluding diaryl/α,β-unsaturated/α-hetero) is 1. The summed E-state index contributed by atoms with van der Waals surface area (Å²) in [4.78, 5) is 31.6. The van der Waals surface area contributed by atoms with Gasteiger partial charge in [0.25, 0.3) is 0 Å². The molecule has 1 aromatic rings. The van der Waals surface area contributed by atoms with Gasteiger partial charge in [0, 0.05) is 17.1 Å². The summed E-state index contributed by atoms with van der Waals surface area (Å²) in [7, 11) is 0. The predicted molar refractivity (Wildman–Crippen MR) is 80.7 cm³/mol. The summed E-state index contributed by atoms with van der Waals surface area (Å²) in [6.45, 7) is 4.59. The molecule has 0 saturated carbocycles. The number of nitriles is 1. The third-order valence-electron chi connectivity index (χ3n) is 2.43. The van der Waals surface area contributed by atoms with E-state index in [1.165, 1.54) is 6.92 Å². The second-order valence-electron chi connectivity index (χ2n) is 4.48. The zero-order valence-corrected chi connectivity index (χ0v) is 13.4. The molecule has 0 bridgehead atoms. The summed E-state index contributed by atoms with van der Waals surface area (Å²) in [5.74, 6) is -1.24. The van der Waals surface area contributed by atoms with Gasteiger partial charge in [0.2, 0.25) is 5.78 Å². The molecule has 1 rings (SSSR count). The van der Waals surface area contributed by atoms with E-state index >= 15 is 0 Å². The minimum Gasteiger partial charge on any atom is -0.457 e. The summed E-state index contributed by atoms with van der Waals surface area (Å²) >= 11 is 1.12. The minimum absolute atomic E-state index is 0.0244. The standard InChI is InChI=1S/C14H16N4O3S/c1-8-4-9(2)18-14(17-8)22-7-13(20)21-6-12(19)11(5-15)10(3)16/h4H,6-7,16H2,1-3H3. The fourth-order valence-corrected chi connectivity index (χ4v) is 2.26. The summed E-state index contributed by atoms with van der Waals surface area (Å²) in [6.07, 6.45) is 0. The molecule has 7 nitrogen and oxygen atoms in total. The van der Waals surface area contributed by atoms with Crippen LogP contribution in [0.4, 0.5) is 0 Å². The van der Waals surface area contributed by atoms with Gasteiger partial charge in [0.1, 0.15) is 11.6 Å². The number of ketones is 1. The van der Waals surface area contributed by atoms with Crippen LogP contribution in [-0.2, 0) is 14.3 Å². The van der Waals surface area contributed by atoms with Gasteiger partial charge in [0.15, 0.2) is 11.8 Å². The van der Waals surface area contributed by atoms with Crippen LogP contribution in [-0.4, -0.2) is 34.1 Å². The first-order chi connectivity index (χ1) is 10.3. The molecule has 0 atom stereocenters. The SMILES string of the molecule is CC(N)=C(C#N)C(=O)COC(=O)CSc1nc(C)cc(C)n1. The van der Waals surface area contributed by atoms with Gasteiger partial charge in [-0.2, -0.15) is 5.26 Å². The number of aryl methyl sites for hydroxylation is 2. The van der Waals surface area contributed by atoms with Crippen molar-refractivity contribution in [3.05, 3.63) is 28.7 Å². The largest absolute Gasteiger partial charge is 0.457 e. The topological polar surface area (TPSA) is 119 Å². The highest BCUT2D eigenvalue weighted by molar-refractivity contribution is 7.99.